The molecule has 2 rings (SSSR count). The number of nitrogens with one attached hydrogen (secondary N) is 1. The van der Waals surface area contributed by atoms with Crippen LogP contribution in [0.3, 0.4) is 0 Å². The van der Waals surface area contributed by atoms with Crippen LogP contribution in [0, 0.1) is 0 Å². The van der Waals surface area contributed by atoms with Crippen LogP contribution in [-0.4, -0.2) is 4.98 Å². The first-order valence-corrected chi connectivity index (χ1v) is 6.33. The van der Waals surface area contributed by atoms with E-state index in [1.807, 2.05) is 24.3 Å². The lowest BCUT2D eigenvalue weighted by Gasteiger charge is -2.05. The van der Waals surface area contributed by atoms with Gasteiger partial charge in [-0.2, -0.15) is 0 Å². The highest BCUT2D eigenvalue weighted by atomic mass is 79.9. The molecule has 0 fully saturated rings. The molecule has 0 unspecified atom stereocenters. The summed E-state index contributed by atoms with van der Waals surface area (Å²) in [5, 5.41) is 4.27. The maximum absolute atomic E-state index is 5.79. The van der Waals surface area contributed by atoms with Crippen molar-refractivity contribution in [3.05, 3.63) is 44.3 Å². The lowest BCUT2D eigenvalue weighted by atomic mass is 10.3. The standard InChI is InChI=1S/C10H8BrClN2S/c11-7-3-1-2-4-8(7)13-6-10-14-5-9(12)15-10/h1-5,13H,6H2. The number of hydrogen-bond donors (Lipinski definition) is 1. The summed E-state index contributed by atoms with van der Waals surface area (Å²) in [6.45, 7) is 0.694. The topological polar surface area (TPSA) is 24.9 Å². The number of anilines is 1. The monoisotopic (exact) mass is 302 g/mol. The molecule has 5 heteroatoms. The molecule has 2 aromatic rings. The van der Waals surface area contributed by atoms with Gasteiger partial charge in [-0.15, -0.1) is 11.3 Å². The minimum Gasteiger partial charge on any atom is -0.378 e. The Kier molecular flexibility index (Phi) is 3.61. The quantitative estimate of drug-likeness (QED) is 0.920. The average Bonchev–Trinajstić information content (AvgIpc) is 2.63. The van der Waals surface area contributed by atoms with E-state index in [9.17, 15) is 0 Å². The number of aromatic nitrogens is 1. The second-order valence-corrected chi connectivity index (χ2v) is 5.49. The number of hydrogen-bond acceptors (Lipinski definition) is 3. The van der Waals surface area contributed by atoms with Crippen LogP contribution in [0.4, 0.5) is 5.69 Å². The molecule has 15 heavy (non-hydrogen) atoms. The van der Waals surface area contributed by atoms with Crippen LogP contribution in [0.5, 0.6) is 0 Å². The third kappa shape index (κ3) is 2.93. The predicted molar refractivity (Wildman–Crippen MR) is 68.6 cm³/mol. The van der Waals surface area contributed by atoms with E-state index >= 15 is 0 Å². The van der Waals surface area contributed by atoms with E-state index in [1.54, 1.807) is 6.20 Å². The zero-order valence-electron chi connectivity index (χ0n) is 7.71. The van der Waals surface area contributed by atoms with Gasteiger partial charge in [-0.1, -0.05) is 23.7 Å². The Morgan fingerprint density at radius 1 is 1.40 bits per heavy atom. The molecule has 2 nitrogen and oxygen atoms in total. The van der Waals surface area contributed by atoms with Gasteiger partial charge in [0.2, 0.25) is 0 Å². The van der Waals surface area contributed by atoms with Crippen LogP contribution in [0.1, 0.15) is 5.01 Å². The third-order valence-electron chi connectivity index (χ3n) is 1.83. The summed E-state index contributed by atoms with van der Waals surface area (Å²) in [5.74, 6) is 0. The molecule has 1 aromatic heterocycles. The maximum atomic E-state index is 5.79. The molecule has 0 amide bonds. The van der Waals surface area contributed by atoms with Crippen molar-refractivity contribution in [2.75, 3.05) is 5.32 Å². The minimum atomic E-state index is 0.694. The van der Waals surface area contributed by atoms with Crippen LogP contribution in [0.25, 0.3) is 0 Å². The van der Waals surface area contributed by atoms with Gasteiger partial charge in [0.05, 0.1) is 12.7 Å². The molecule has 0 spiro atoms. The summed E-state index contributed by atoms with van der Waals surface area (Å²) in [7, 11) is 0. The van der Waals surface area contributed by atoms with Crippen LogP contribution in [-0.2, 0) is 6.54 Å². The fourth-order valence-corrected chi connectivity index (χ4v) is 2.47. The zero-order chi connectivity index (χ0) is 10.7. The summed E-state index contributed by atoms with van der Waals surface area (Å²) in [4.78, 5) is 4.17. The van der Waals surface area contributed by atoms with Gasteiger partial charge < -0.3 is 5.32 Å². The van der Waals surface area contributed by atoms with E-state index in [0.717, 1.165) is 19.5 Å². The highest BCUT2D eigenvalue weighted by Crippen LogP contribution is 2.23. The van der Waals surface area contributed by atoms with E-state index in [0.29, 0.717) is 6.54 Å². The SMILES string of the molecule is Clc1cnc(CNc2ccccc2Br)s1. The molecule has 0 aliphatic carbocycles. The van der Waals surface area contributed by atoms with Gasteiger partial charge in [0.25, 0.3) is 0 Å². The van der Waals surface area contributed by atoms with Crippen molar-refractivity contribution in [3.8, 4) is 0 Å². The number of nitrogens with zero attached hydrogens (tertiary/aromatic N) is 1. The van der Waals surface area contributed by atoms with Crippen molar-refractivity contribution < 1.29 is 0 Å². The largest absolute Gasteiger partial charge is 0.378 e. The van der Waals surface area contributed by atoms with E-state index in [2.05, 4.69) is 26.2 Å². The first-order chi connectivity index (χ1) is 7.25. The normalized spacial score (nSPS) is 10.3. The van der Waals surface area contributed by atoms with Crippen molar-refractivity contribution in [2.45, 2.75) is 6.54 Å². The van der Waals surface area contributed by atoms with Crippen LogP contribution < -0.4 is 5.32 Å². The molecular weight excluding hydrogens is 296 g/mol. The Labute approximate surface area is 105 Å². The fraction of sp³-hybridized carbons (Fsp3) is 0.100. The molecule has 0 bridgehead atoms. The Hall–Kier alpha value is -0.580. The van der Waals surface area contributed by atoms with E-state index in [4.69, 9.17) is 11.6 Å². The molecule has 0 aliphatic rings. The Morgan fingerprint density at radius 2 is 2.20 bits per heavy atom. The third-order valence-corrected chi connectivity index (χ3v) is 3.64. The number of para-hydroxylation sites is 1. The zero-order valence-corrected chi connectivity index (χ0v) is 10.9. The second kappa shape index (κ2) is 4.96. The van der Waals surface area contributed by atoms with Crippen molar-refractivity contribution in [1.82, 2.24) is 4.98 Å². The highest BCUT2D eigenvalue weighted by Gasteiger charge is 2.01. The molecule has 0 saturated heterocycles. The predicted octanol–water partition coefficient (Wildman–Crippen LogP) is 4.17. The Balaban J connectivity index is 2.02. The van der Waals surface area contributed by atoms with E-state index in [-0.39, 0.29) is 0 Å². The average molecular weight is 304 g/mol. The summed E-state index contributed by atoms with van der Waals surface area (Å²) in [6, 6.07) is 7.98. The molecule has 0 radical (unpaired) electrons. The highest BCUT2D eigenvalue weighted by molar-refractivity contribution is 9.10. The molecule has 0 aliphatic heterocycles. The molecule has 1 aromatic carbocycles. The Morgan fingerprint density at radius 3 is 2.87 bits per heavy atom. The number of rotatable bonds is 3. The van der Waals surface area contributed by atoms with Gasteiger partial charge >= 0.3 is 0 Å². The van der Waals surface area contributed by atoms with Gasteiger partial charge in [0, 0.05) is 10.2 Å². The molecule has 78 valence electrons. The van der Waals surface area contributed by atoms with Gasteiger partial charge in [-0.3, -0.25) is 0 Å². The van der Waals surface area contributed by atoms with Gasteiger partial charge in [-0.25, -0.2) is 4.98 Å². The Bertz CT molecular complexity index is 458. The maximum Gasteiger partial charge on any atom is 0.113 e. The summed E-state index contributed by atoms with van der Waals surface area (Å²) >= 11 is 10.8. The first-order valence-electron chi connectivity index (χ1n) is 4.34. The summed E-state index contributed by atoms with van der Waals surface area (Å²) in [5.41, 5.74) is 1.06. The molecule has 1 N–H and O–H groups in total. The summed E-state index contributed by atoms with van der Waals surface area (Å²) in [6.07, 6.45) is 1.67. The lowest BCUT2D eigenvalue weighted by Crippen LogP contribution is -1.98. The molecular formula is C10H8BrClN2S. The van der Waals surface area contributed by atoms with Crippen LogP contribution in [0.2, 0.25) is 4.34 Å². The fourth-order valence-electron chi connectivity index (χ4n) is 1.15. The number of benzene rings is 1. The number of thiazole rings is 1. The molecule has 0 saturated carbocycles. The van der Waals surface area contributed by atoms with Gasteiger partial charge in [0.15, 0.2) is 0 Å². The second-order valence-electron chi connectivity index (χ2n) is 2.89. The lowest BCUT2D eigenvalue weighted by molar-refractivity contribution is 1.10. The van der Waals surface area contributed by atoms with Crippen LogP contribution >= 0.6 is 38.9 Å². The van der Waals surface area contributed by atoms with Gasteiger partial charge in [0.1, 0.15) is 9.34 Å². The minimum absolute atomic E-state index is 0.694. The van der Waals surface area contributed by atoms with Crippen molar-refractivity contribution >= 4 is 44.6 Å². The molecule has 1 heterocycles. The van der Waals surface area contributed by atoms with Gasteiger partial charge in [-0.05, 0) is 28.1 Å². The molecule has 0 atom stereocenters. The van der Waals surface area contributed by atoms with Crippen molar-refractivity contribution in [2.24, 2.45) is 0 Å². The number of halogens is 2. The smallest absolute Gasteiger partial charge is 0.113 e. The van der Waals surface area contributed by atoms with Crippen molar-refractivity contribution in [1.29, 1.82) is 0 Å². The van der Waals surface area contributed by atoms with E-state index < -0.39 is 0 Å². The van der Waals surface area contributed by atoms with Crippen molar-refractivity contribution in [3.63, 3.8) is 0 Å². The summed E-state index contributed by atoms with van der Waals surface area (Å²) < 4.78 is 1.77. The van der Waals surface area contributed by atoms with Crippen LogP contribution in [0.15, 0.2) is 34.9 Å². The van der Waals surface area contributed by atoms with E-state index in [1.165, 1.54) is 11.3 Å². The first kappa shape index (κ1) is 10.9.